The standard InChI is InChI=1S/C10H14O2/c1-2-8(11)9-6-4-3-5-7(6)10(9)12/h2,6-9,11H,1,3-5H2/t6-,7+,8?,9?/m1/s1. The number of fused-ring (bicyclic) bond motifs is 1. The van der Waals surface area contributed by atoms with Crippen LogP contribution in [0, 0.1) is 17.8 Å². The number of Topliss-reactive ketones (excluding diaryl/α,β-unsaturated/α-hetero) is 1. The smallest absolute Gasteiger partial charge is 0.142 e. The van der Waals surface area contributed by atoms with Crippen LogP contribution >= 0.6 is 0 Å². The van der Waals surface area contributed by atoms with Crippen LogP contribution in [0.4, 0.5) is 0 Å². The highest BCUT2D eigenvalue weighted by Gasteiger charge is 2.53. The molecule has 1 N–H and O–H groups in total. The summed E-state index contributed by atoms with van der Waals surface area (Å²) >= 11 is 0. The second kappa shape index (κ2) is 2.70. The highest BCUT2D eigenvalue weighted by Crippen LogP contribution is 2.49. The van der Waals surface area contributed by atoms with Gasteiger partial charge in [-0.25, -0.2) is 0 Å². The number of ketones is 1. The molecule has 0 aromatic rings. The van der Waals surface area contributed by atoms with Gasteiger partial charge >= 0.3 is 0 Å². The van der Waals surface area contributed by atoms with Gasteiger partial charge in [0.25, 0.3) is 0 Å². The zero-order chi connectivity index (χ0) is 8.72. The fraction of sp³-hybridized carbons (Fsp3) is 0.700. The normalized spacial score (nSPS) is 41.8. The van der Waals surface area contributed by atoms with Crippen molar-refractivity contribution in [3.8, 4) is 0 Å². The van der Waals surface area contributed by atoms with Crippen LogP contribution in [0.15, 0.2) is 12.7 Å². The number of aliphatic hydroxyl groups is 1. The third-order valence-electron chi connectivity index (χ3n) is 3.33. The second-order valence-electron chi connectivity index (χ2n) is 3.86. The molecule has 2 fully saturated rings. The predicted octanol–water partition coefficient (Wildman–Crippen LogP) is 1.15. The van der Waals surface area contributed by atoms with E-state index in [1.807, 2.05) is 0 Å². The number of hydrogen-bond donors (Lipinski definition) is 1. The number of rotatable bonds is 2. The van der Waals surface area contributed by atoms with Crippen molar-refractivity contribution < 1.29 is 9.90 Å². The summed E-state index contributed by atoms with van der Waals surface area (Å²) < 4.78 is 0. The van der Waals surface area contributed by atoms with Crippen molar-refractivity contribution in [1.82, 2.24) is 0 Å². The van der Waals surface area contributed by atoms with Crippen LogP contribution in [0.1, 0.15) is 19.3 Å². The van der Waals surface area contributed by atoms with Crippen molar-refractivity contribution in [3.05, 3.63) is 12.7 Å². The SMILES string of the molecule is C=CC(O)C1C(=O)[C@H]2CCC[C@@H]12. The first-order valence-electron chi connectivity index (χ1n) is 4.60. The lowest BCUT2D eigenvalue weighted by atomic mass is 9.63. The molecule has 0 amide bonds. The molecule has 0 bridgehead atoms. The third kappa shape index (κ3) is 0.876. The fourth-order valence-electron chi connectivity index (χ4n) is 2.68. The van der Waals surface area contributed by atoms with E-state index in [9.17, 15) is 9.90 Å². The van der Waals surface area contributed by atoms with Crippen LogP contribution < -0.4 is 0 Å². The molecule has 2 nitrogen and oxygen atoms in total. The summed E-state index contributed by atoms with van der Waals surface area (Å²) in [6.07, 6.45) is 4.20. The van der Waals surface area contributed by atoms with Crippen LogP contribution in [0.2, 0.25) is 0 Å². The van der Waals surface area contributed by atoms with Gasteiger partial charge in [0.2, 0.25) is 0 Å². The quantitative estimate of drug-likeness (QED) is 0.625. The fourth-order valence-corrected chi connectivity index (χ4v) is 2.68. The van der Waals surface area contributed by atoms with E-state index in [0.717, 1.165) is 19.3 Å². The zero-order valence-electron chi connectivity index (χ0n) is 7.07. The Morgan fingerprint density at radius 2 is 2.33 bits per heavy atom. The zero-order valence-corrected chi connectivity index (χ0v) is 7.07. The van der Waals surface area contributed by atoms with E-state index in [4.69, 9.17) is 0 Å². The maximum atomic E-state index is 11.4. The van der Waals surface area contributed by atoms with E-state index in [1.54, 1.807) is 0 Å². The van der Waals surface area contributed by atoms with E-state index in [-0.39, 0.29) is 17.6 Å². The summed E-state index contributed by atoms with van der Waals surface area (Å²) in [5, 5.41) is 9.46. The van der Waals surface area contributed by atoms with Gasteiger partial charge in [0.1, 0.15) is 5.78 Å². The van der Waals surface area contributed by atoms with Crippen LogP contribution in [0.5, 0.6) is 0 Å². The topological polar surface area (TPSA) is 37.3 Å². The van der Waals surface area contributed by atoms with Gasteiger partial charge in [0.05, 0.1) is 12.0 Å². The summed E-state index contributed by atoms with van der Waals surface area (Å²) in [7, 11) is 0. The Balaban J connectivity index is 2.09. The van der Waals surface area contributed by atoms with Crippen molar-refractivity contribution in [2.75, 3.05) is 0 Å². The summed E-state index contributed by atoms with van der Waals surface area (Å²) in [6.45, 7) is 3.51. The molecule has 2 rings (SSSR count). The van der Waals surface area contributed by atoms with E-state index in [2.05, 4.69) is 6.58 Å². The molecule has 0 aliphatic heterocycles. The molecule has 2 aliphatic carbocycles. The summed E-state index contributed by atoms with van der Waals surface area (Å²) in [6, 6.07) is 0. The average Bonchev–Trinajstić information content (AvgIpc) is 2.48. The van der Waals surface area contributed by atoms with Gasteiger partial charge in [-0.1, -0.05) is 12.5 Å². The number of hydrogen-bond acceptors (Lipinski definition) is 2. The van der Waals surface area contributed by atoms with Crippen LogP contribution in [0.3, 0.4) is 0 Å². The Morgan fingerprint density at radius 1 is 1.58 bits per heavy atom. The van der Waals surface area contributed by atoms with E-state index < -0.39 is 6.10 Å². The van der Waals surface area contributed by atoms with Gasteiger partial charge in [0, 0.05) is 5.92 Å². The van der Waals surface area contributed by atoms with E-state index in [1.165, 1.54) is 6.08 Å². The molecule has 2 saturated carbocycles. The molecule has 2 heteroatoms. The second-order valence-corrected chi connectivity index (χ2v) is 3.86. The molecule has 66 valence electrons. The molecule has 0 heterocycles. The number of aliphatic hydroxyl groups excluding tert-OH is 1. The van der Waals surface area contributed by atoms with Gasteiger partial charge in [-0.05, 0) is 18.8 Å². The first-order chi connectivity index (χ1) is 5.75. The Labute approximate surface area is 72.3 Å². The maximum Gasteiger partial charge on any atom is 0.142 e. The van der Waals surface area contributed by atoms with Crippen molar-refractivity contribution in [2.24, 2.45) is 17.8 Å². The maximum absolute atomic E-state index is 11.4. The Morgan fingerprint density at radius 3 is 3.00 bits per heavy atom. The average molecular weight is 166 g/mol. The minimum atomic E-state index is -0.600. The van der Waals surface area contributed by atoms with Crippen molar-refractivity contribution >= 4 is 5.78 Å². The van der Waals surface area contributed by atoms with E-state index >= 15 is 0 Å². The summed E-state index contributed by atoms with van der Waals surface area (Å²) in [4.78, 5) is 11.4. The van der Waals surface area contributed by atoms with Crippen molar-refractivity contribution in [3.63, 3.8) is 0 Å². The Hall–Kier alpha value is -0.630. The largest absolute Gasteiger partial charge is 0.388 e. The first-order valence-corrected chi connectivity index (χ1v) is 4.60. The molecule has 2 aliphatic rings. The summed E-state index contributed by atoms with van der Waals surface area (Å²) in [5.74, 6) is 0.898. The molecule has 0 radical (unpaired) electrons. The summed E-state index contributed by atoms with van der Waals surface area (Å²) in [5.41, 5.74) is 0. The van der Waals surface area contributed by atoms with Gasteiger partial charge < -0.3 is 5.11 Å². The monoisotopic (exact) mass is 166 g/mol. The first kappa shape index (κ1) is 7.99. The number of carbonyl (C=O) groups excluding carboxylic acids is 1. The van der Waals surface area contributed by atoms with Crippen molar-refractivity contribution in [1.29, 1.82) is 0 Å². The lowest BCUT2D eigenvalue weighted by Crippen LogP contribution is -2.49. The predicted molar refractivity (Wildman–Crippen MR) is 45.5 cm³/mol. The Bertz CT molecular complexity index is 222. The molecule has 0 aromatic carbocycles. The highest BCUT2D eigenvalue weighted by molar-refractivity contribution is 5.91. The van der Waals surface area contributed by atoms with Crippen molar-refractivity contribution in [2.45, 2.75) is 25.4 Å². The third-order valence-corrected chi connectivity index (χ3v) is 3.33. The van der Waals surface area contributed by atoms with Gasteiger partial charge in [0.15, 0.2) is 0 Å². The van der Waals surface area contributed by atoms with Crippen LogP contribution in [0.25, 0.3) is 0 Å². The van der Waals surface area contributed by atoms with Crippen LogP contribution in [-0.2, 0) is 4.79 Å². The van der Waals surface area contributed by atoms with Crippen LogP contribution in [-0.4, -0.2) is 17.0 Å². The Kier molecular flexibility index (Phi) is 1.80. The minimum absolute atomic E-state index is 0.116. The molecule has 4 atom stereocenters. The highest BCUT2D eigenvalue weighted by atomic mass is 16.3. The lowest BCUT2D eigenvalue weighted by Gasteiger charge is -2.40. The molecule has 2 unspecified atom stereocenters. The van der Waals surface area contributed by atoms with Gasteiger partial charge in [-0.3, -0.25) is 4.79 Å². The minimum Gasteiger partial charge on any atom is -0.388 e. The molecular weight excluding hydrogens is 152 g/mol. The molecule has 0 saturated heterocycles. The molecule has 0 spiro atoms. The number of carbonyl (C=O) groups is 1. The molecule has 0 aromatic heterocycles. The molecular formula is C10H14O2. The lowest BCUT2D eigenvalue weighted by molar-refractivity contribution is -0.146. The molecule has 12 heavy (non-hydrogen) atoms. The van der Waals surface area contributed by atoms with Gasteiger partial charge in [-0.15, -0.1) is 6.58 Å². The van der Waals surface area contributed by atoms with E-state index in [0.29, 0.717) is 5.92 Å². The van der Waals surface area contributed by atoms with Gasteiger partial charge in [-0.2, -0.15) is 0 Å².